The van der Waals surface area contributed by atoms with E-state index in [4.69, 9.17) is 10.6 Å². The fourth-order valence-corrected chi connectivity index (χ4v) is 2.16. The third-order valence-electron chi connectivity index (χ3n) is 3.14. The predicted molar refractivity (Wildman–Crippen MR) is 76.2 cm³/mol. The number of rotatable bonds is 5. The van der Waals surface area contributed by atoms with Crippen LogP contribution in [0.25, 0.3) is 0 Å². The highest BCUT2D eigenvalue weighted by atomic mass is 16.5. The molecule has 0 spiro atoms. The second-order valence-electron chi connectivity index (χ2n) is 4.84. The molecule has 0 aliphatic carbocycles. The molecule has 2 heterocycles. The van der Waals surface area contributed by atoms with Gasteiger partial charge >= 0.3 is 0 Å². The number of hydrazine groups is 1. The van der Waals surface area contributed by atoms with Crippen molar-refractivity contribution >= 4 is 11.7 Å². The predicted octanol–water partition coefficient (Wildman–Crippen LogP) is -0.182. The number of nitrogen functional groups attached to an aromatic ring is 1. The van der Waals surface area contributed by atoms with Gasteiger partial charge in [0.2, 0.25) is 0 Å². The molecule has 1 aliphatic heterocycles. The number of morpholine rings is 1. The Bertz CT molecular complexity index is 448. The Morgan fingerprint density at radius 1 is 1.50 bits per heavy atom. The Morgan fingerprint density at radius 3 is 2.95 bits per heavy atom. The third-order valence-corrected chi connectivity index (χ3v) is 3.14. The number of amides is 1. The van der Waals surface area contributed by atoms with Crippen LogP contribution in [0.5, 0.6) is 0 Å². The van der Waals surface area contributed by atoms with E-state index in [1.54, 1.807) is 18.2 Å². The lowest BCUT2D eigenvalue weighted by Gasteiger charge is -2.29. The van der Waals surface area contributed by atoms with Gasteiger partial charge in [-0.25, -0.2) is 10.8 Å². The van der Waals surface area contributed by atoms with Crippen molar-refractivity contribution in [3.05, 3.63) is 23.9 Å². The molecule has 1 saturated heterocycles. The van der Waals surface area contributed by atoms with Gasteiger partial charge in [-0.2, -0.15) is 0 Å². The minimum atomic E-state index is -0.192. The largest absolute Gasteiger partial charge is 0.379 e. The number of carbonyl (C=O) groups excluding carboxylic acids is 1. The lowest BCUT2D eigenvalue weighted by molar-refractivity contribution is 0.0342. The Balaban J connectivity index is 1.86. The molecule has 7 heteroatoms. The first kappa shape index (κ1) is 14.7. The van der Waals surface area contributed by atoms with Crippen molar-refractivity contribution in [2.75, 3.05) is 38.3 Å². The fourth-order valence-electron chi connectivity index (χ4n) is 2.16. The molecule has 1 aliphatic rings. The Morgan fingerprint density at radius 2 is 2.25 bits per heavy atom. The SMILES string of the molecule is CC(CN1CCOCC1)NC(=O)c1cccc(NN)n1. The van der Waals surface area contributed by atoms with Crippen LogP contribution >= 0.6 is 0 Å². The van der Waals surface area contributed by atoms with Crippen LogP contribution in [0, 0.1) is 0 Å². The number of hydrogen-bond donors (Lipinski definition) is 3. The molecule has 1 aromatic heterocycles. The molecule has 110 valence electrons. The average Bonchev–Trinajstić information content (AvgIpc) is 2.48. The maximum absolute atomic E-state index is 12.1. The highest BCUT2D eigenvalue weighted by Gasteiger charge is 2.16. The van der Waals surface area contributed by atoms with E-state index in [0.717, 1.165) is 32.8 Å². The van der Waals surface area contributed by atoms with E-state index in [1.165, 1.54) is 0 Å². The number of ether oxygens (including phenoxy) is 1. The van der Waals surface area contributed by atoms with Crippen molar-refractivity contribution in [1.82, 2.24) is 15.2 Å². The first-order chi connectivity index (χ1) is 9.69. The van der Waals surface area contributed by atoms with Gasteiger partial charge in [0.25, 0.3) is 5.91 Å². The summed E-state index contributed by atoms with van der Waals surface area (Å²) < 4.78 is 5.30. The number of nitrogens with zero attached hydrogens (tertiary/aromatic N) is 2. The number of pyridine rings is 1. The van der Waals surface area contributed by atoms with Crippen molar-refractivity contribution in [2.45, 2.75) is 13.0 Å². The quantitative estimate of drug-likeness (QED) is 0.511. The van der Waals surface area contributed by atoms with Gasteiger partial charge in [-0.3, -0.25) is 9.69 Å². The van der Waals surface area contributed by atoms with E-state index >= 15 is 0 Å². The highest BCUT2D eigenvalue weighted by molar-refractivity contribution is 5.92. The van der Waals surface area contributed by atoms with E-state index in [9.17, 15) is 4.79 Å². The van der Waals surface area contributed by atoms with Crippen LogP contribution in [0.15, 0.2) is 18.2 Å². The van der Waals surface area contributed by atoms with Crippen LogP contribution in [0.3, 0.4) is 0 Å². The summed E-state index contributed by atoms with van der Waals surface area (Å²) in [5.41, 5.74) is 2.78. The summed E-state index contributed by atoms with van der Waals surface area (Å²) in [5, 5.41) is 2.94. The van der Waals surface area contributed by atoms with Crippen LogP contribution in [0.1, 0.15) is 17.4 Å². The van der Waals surface area contributed by atoms with Crippen molar-refractivity contribution in [2.24, 2.45) is 5.84 Å². The lowest BCUT2D eigenvalue weighted by atomic mass is 10.2. The van der Waals surface area contributed by atoms with Crippen molar-refractivity contribution in [3.8, 4) is 0 Å². The summed E-state index contributed by atoms with van der Waals surface area (Å²) in [6, 6.07) is 5.16. The second-order valence-corrected chi connectivity index (χ2v) is 4.84. The summed E-state index contributed by atoms with van der Waals surface area (Å²) in [7, 11) is 0. The number of aromatic nitrogens is 1. The van der Waals surface area contributed by atoms with Crippen molar-refractivity contribution in [1.29, 1.82) is 0 Å². The Kier molecular flexibility index (Phi) is 5.28. The van der Waals surface area contributed by atoms with Gasteiger partial charge in [0.15, 0.2) is 0 Å². The van der Waals surface area contributed by atoms with Crippen LogP contribution in [-0.2, 0) is 4.74 Å². The zero-order valence-corrected chi connectivity index (χ0v) is 11.6. The maximum Gasteiger partial charge on any atom is 0.270 e. The number of nitrogens with one attached hydrogen (secondary N) is 2. The van der Waals surface area contributed by atoms with Crippen LogP contribution in [-0.4, -0.2) is 54.7 Å². The normalized spacial score (nSPS) is 17.5. The number of anilines is 1. The molecule has 1 aromatic rings. The van der Waals surface area contributed by atoms with Crippen LogP contribution in [0.2, 0.25) is 0 Å². The van der Waals surface area contributed by atoms with Crippen LogP contribution < -0.4 is 16.6 Å². The molecule has 1 atom stereocenters. The molecule has 0 aromatic carbocycles. The molecule has 0 radical (unpaired) electrons. The third kappa shape index (κ3) is 4.16. The molecule has 0 bridgehead atoms. The molecule has 1 unspecified atom stereocenters. The Hall–Kier alpha value is -1.70. The van der Waals surface area contributed by atoms with Crippen LogP contribution in [0.4, 0.5) is 5.82 Å². The monoisotopic (exact) mass is 279 g/mol. The first-order valence-electron chi connectivity index (χ1n) is 6.73. The number of carbonyl (C=O) groups is 1. The summed E-state index contributed by atoms with van der Waals surface area (Å²) in [4.78, 5) is 18.5. The molecular formula is C13H21N5O2. The van der Waals surface area contributed by atoms with Gasteiger partial charge in [-0.1, -0.05) is 6.07 Å². The minimum Gasteiger partial charge on any atom is -0.379 e. The molecular weight excluding hydrogens is 258 g/mol. The number of nitrogens with two attached hydrogens (primary N) is 1. The Labute approximate surface area is 118 Å². The second kappa shape index (κ2) is 7.18. The average molecular weight is 279 g/mol. The fraction of sp³-hybridized carbons (Fsp3) is 0.538. The molecule has 0 saturated carbocycles. The zero-order chi connectivity index (χ0) is 14.4. The lowest BCUT2D eigenvalue weighted by Crippen LogP contribution is -2.46. The van der Waals surface area contributed by atoms with Gasteiger partial charge < -0.3 is 15.5 Å². The van der Waals surface area contributed by atoms with Gasteiger partial charge in [0.1, 0.15) is 11.5 Å². The topological polar surface area (TPSA) is 92.5 Å². The number of hydrogen-bond acceptors (Lipinski definition) is 6. The van der Waals surface area contributed by atoms with Gasteiger partial charge in [-0.15, -0.1) is 0 Å². The van der Waals surface area contributed by atoms with E-state index in [0.29, 0.717) is 11.5 Å². The molecule has 7 nitrogen and oxygen atoms in total. The van der Waals surface area contributed by atoms with Gasteiger partial charge in [-0.05, 0) is 19.1 Å². The molecule has 2 rings (SSSR count). The van der Waals surface area contributed by atoms with Crippen molar-refractivity contribution in [3.63, 3.8) is 0 Å². The summed E-state index contributed by atoms with van der Waals surface area (Å²) in [6.45, 7) is 6.12. The van der Waals surface area contributed by atoms with Gasteiger partial charge in [0.05, 0.1) is 13.2 Å². The van der Waals surface area contributed by atoms with E-state index in [2.05, 4.69) is 20.6 Å². The summed E-state index contributed by atoms with van der Waals surface area (Å²) in [5.74, 6) is 5.56. The minimum absolute atomic E-state index is 0.0527. The van der Waals surface area contributed by atoms with E-state index < -0.39 is 0 Å². The van der Waals surface area contributed by atoms with E-state index in [1.807, 2.05) is 6.92 Å². The summed E-state index contributed by atoms with van der Waals surface area (Å²) >= 11 is 0. The first-order valence-corrected chi connectivity index (χ1v) is 6.73. The molecule has 4 N–H and O–H groups in total. The molecule has 20 heavy (non-hydrogen) atoms. The zero-order valence-electron chi connectivity index (χ0n) is 11.6. The maximum atomic E-state index is 12.1. The highest BCUT2D eigenvalue weighted by Crippen LogP contribution is 2.04. The molecule has 1 amide bonds. The standard InChI is InChI=1S/C13H21N5O2/c1-10(9-18-5-7-20-8-6-18)15-13(19)11-3-2-4-12(16-11)17-14/h2-4,10H,5-9,14H2,1H3,(H,15,19)(H,16,17). The van der Waals surface area contributed by atoms with E-state index in [-0.39, 0.29) is 11.9 Å². The van der Waals surface area contributed by atoms with Gasteiger partial charge in [0, 0.05) is 25.7 Å². The smallest absolute Gasteiger partial charge is 0.270 e. The molecule has 1 fully saturated rings. The van der Waals surface area contributed by atoms with Crippen molar-refractivity contribution < 1.29 is 9.53 Å². The summed E-state index contributed by atoms with van der Waals surface area (Å²) in [6.07, 6.45) is 0.